The van der Waals surface area contributed by atoms with E-state index in [9.17, 15) is 0 Å². The van der Waals surface area contributed by atoms with E-state index in [1.807, 2.05) is 12.3 Å². The molecular weight excluding hydrogens is 200 g/mol. The quantitative estimate of drug-likeness (QED) is 0.619. The van der Waals surface area contributed by atoms with E-state index in [1.54, 1.807) is 0 Å². The van der Waals surface area contributed by atoms with E-state index in [4.69, 9.17) is 4.74 Å². The number of benzene rings is 1. The largest absolute Gasteiger partial charge is 0.478 e. The molecule has 1 aliphatic heterocycles. The van der Waals surface area contributed by atoms with Crippen molar-refractivity contribution in [3.05, 3.63) is 36.0 Å². The smallest absolute Gasteiger partial charge is 0.194 e. The Hall–Kier alpha value is -2.03. The van der Waals surface area contributed by atoms with Crippen LogP contribution in [-0.4, -0.2) is 16.6 Å². The number of nitrogens with zero attached hydrogens (tertiary/aromatic N) is 1. The van der Waals surface area contributed by atoms with Gasteiger partial charge in [0.15, 0.2) is 5.88 Å². The number of hydrogen-bond donors (Lipinski definition) is 1. The lowest BCUT2D eigenvalue weighted by atomic mass is 10.1. The van der Waals surface area contributed by atoms with E-state index in [1.165, 1.54) is 16.3 Å². The maximum Gasteiger partial charge on any atom is 0.194 e. The van der Waals surface area contributed by atoms with Gasteiger partial charge >= 0.3 is 0 Å². The van der Waals surface area contributed by atoms with Gasteiger partial charge in [0.25, 0.3) is 0 Å². The third kappa shape index (κ3) is 0.949. The number of aromatic amines is 1. The van der Waals surface area contributed by atoms with Gasteiger partial charge < -0.3 is 9.72 Å². The molecule has 3 heteroatoms. The number of H-pyrrole nitrogens is 1. The van der Waals surface area contributed by atoms with Gasteiger partial charge in [0.2, 0.25) is 0 Å². The van der Waals surface area contributed by atoms with Crippen LogP contribution in [0.5, 0.6) is 5.88 Å². The van der Waals surface area contributed by atoms with Crippen LogP contribution in [0.3, 0.4) is 0 Å². The Morgan fingerprint density at radius 1 is 1.19 bits per heavy atom. The summed E-state index contributed by atoms with van der Waals surface area (Å²) in [7, 11) is 0. The van der Waals surface area contributed by atoms with Crippen LogP contribution in [0.25, 0.3) is 21.8 Å². The summed E-state index contributed by atoms with van der Waals surface area (Å²) in [6, 6.07) is 8.47. The molecule has 2 aromatic heterocycles. The van der Waals surface area contributed by atoms with Crippen LogP contribution in [-0.2, 0) is 6.42 Å². The molecule has 1 aromatic carbocycles. The Labute approximate surface area is 92.1 Å². The molecule has 0 bridgehead atoms. The highest BCUT2D eigenvalue weighted by Gasteiger charge is 2.14. The number of hydrogen-bond acceptors (Lipinski definition) is 2. The van der Waals surface area contributed by atoms with Crippen molar-refractivity contribution in [1.82, 2.24) is 9.97 Å². The molecule has 0 amide bonds. The van der Waals surface area contributed by atoms with Gasteiger partial charge in [-0.3, -0.25) is 4.98 Å². The van der Waals surface area contributed by atoms with Crippen LogP contribution < -0.4 is 4.74 Å². The van der Waals surface area contributed by atoms with E-state index < -0.39 is 0 Å². The van der Waals surface area contributed by atoms with Crippen LogP contribution in [0.1, 0.15) is 5.56 Å². The Kier molecular flexibility index (Phi) is 1.41. The van der Waals surface area contributed by atoms with Crippen LogP contribution in [0.15, 0.2) is 30.5 Å². The average molecular weight is 210 g/mol. The topological polar surface area (TPSA) is 37.9 Å². The summed E-state index contributed by atoms with van der Waals surface area (Å²) in [5.74, 6) is 0.906. The fraction of sp³-hybridized carbons (Fsp3) is 0.154. The third-order valence-corrected chi connectivity index (χ3v) is 3.18. The number of ether oxygens (including phenoxy) is 1. The molecule has 3 nitrogen and oxygen atoms in total. The van der Waals surface area contributed by atoms with Crippen LogP contribution >= 0.6 is 0 Å². The predicted octanol–water partition coefficient (Wildman–Crippen LogP) is 2.65. The van der Waals surface area contributed by atoms with Crippen molar-refractivity contribution in [2.75, 3.05) is 6.61 Å². The summed E-state index contributed by atoms with van der Waals surface area (Å²) in [4.78, 5) is 7.74. The molecule has 0 saturated heterocycles. The Bertz CT molecular complexity index is 700. The predicted molar refractivity (Wildman–Crippen MR) is 62.8 cm³/mol. The molecule has 78 valence electrons. The first-order valence-electron chi connectivity index (χ1n) is 5.44. The molecule has 0 aliphatic carbocycles. The van der Waals surface area contributed by atoms with Gasteiger partial charge in [-0.15, -0.1) is 0 Å². The Morgan fingerprint density at radius 3 is 3.12 bits per heavy atom. The lowest BCUT2D eigenvalue weighted by Crippen LogP contribution is -1.88. The van der Waals surface area contributed by atoms with Gasteiger partial charge in [0.05, 0.1) is 17.6 Å². The van der Waals surface area contributed by atoms with Crippen molar-refractivity contribution < 1.29 is 4.74 Å². The van der Waals surface area contributed by atoms with E-state index in [2.05, 4.69) is 28.2 Å². The molecule has 1 aliphatic rings. The van der Waals surface area contributed by atoms with Crippen molar-refractivity contribution in [2.45, 2.75) is 6.42 Å². The van der Waals surface area contributed by atoms with Gasteiger partial charge in [-0.1, -0.05) is 12.1 Å². The van der Waals surface area contributed by atoms with Crippen molar-refractivity contribution >= 4 is 21.8 Å². The van der Waals surface area contributed by atoms with E-state index in [-0.39, 0.29) is 0 Å². The number of fused-ring (bicyclic) bond motifs is 4. The van der Waals surface area contributed by atoms with Crippen molar-refractivity contribution in [1.29, 1.82) is 0 Å². The minimum Gasteiger partial charge on any atom is -0.478 e. The summed E-state index contributed by atoms with van der Waals surface area (Å²) in [6.07, 6.45) is 2.83. The molecule has 0 unspecified atom stereocenters. The highest BCUT2D eigenvalue weighted by atomic mass is 16.5. The Balaban J connectivity index is 2.20. The van der Waals surface area contributed by atoms with Gasteiger partial charge in [-0.2, -0.15) is 0 Å². The third-order valence-electron chi connectivity index (χ3n) is 3.18. The SMILES string of the molecule is c1cc2ccc3cc4c([nH]c3c2n1)OCC4. The second kappa shape index (κ2) is 2.76. The molecule has 1 N–H and O–H groups in total. The minimum absolute atomic E-state index is 0.778. The zero-order valence-corrected chi connectivity index (χ0v) is 8.66. The number of nitrogens with one attached hydrogen (secondary N) is 1. The summed E-state index contributed by atoms with van der Waals surface area (Å²) in [6.45, 7) is 0.778. The molecule has 0 spiro atoms. The van der Waals surface area contributed by atoms with Crippen LogP contribution in [0.4, 0.5) is 0 Å². The van der Waals surface area contributed by atoms with E-state index in [0.29, 0.717) is 0 Å². The van der Waals surface area contributed by atoms with Crippen molar-refractivity contribution in [3.63, 3.8) is 0 Å². The highest BCUT2D eigenvalue weighted by molar-refractivity contribution is 6.03. The zero-order chi connectivity index (χ0) is 10.5. The number of pyridine rings is 1. The second-order valence-electron chi connectivity index (χ2n) is 4.13. The summed E-state index contributed by atoms with van der Waals surface area (Å²) >= 11 is 0. The maximum absolute atomic E-state index is 5.55. The monoisotopic (exact) mass is 210 g/mol. The van der Waals surface area contributed by atoms with Gasteiger partial charge in [-0.05, 0) is 12.1 Å². The molecule has 0 radical (unpaired) electrons. The molecular formula is C13H10N2O. The summed E-state index contributed by atoms with van der Waals surface area (Å²) in [5, 5.41) is 2.37. The van der Waals surface area contributed by atoms with E-state index >= 15 is 0 Å². The summed E-state index contributed by atoms with van der Waals surface area (Å²) in [5.41, 5.74) is 3.36. The van der Waals surface area contributed by atoms with Crippen LogP contribution in [0, 0.1) is 0 Å². The minimum atomic E-state index is 0.778. The molecule has 3 aromatic rings. The lowest BCUT2D eigenvalue weighted by Gasteiger charge is -2.04. The Morgan fingerprint density at radius 2 is 2.12 bits per heavy atom. The highest BCUT2D eigenvalue weighted by Crippen LogP contribution is 2.30. The van der Waals surface area contributed by atoms with Crippen LogP contribution in [0.2, 0.25) is 0 Å². The van der Waals surface area contributed by atoms with Gasteiger partial charge in [-0.25, -0.2) is 0 Å². The van der Waals surface area contributed by atoms with Crippen molar-refractivity contribution in [3.8, 4) is 5.88 Å². The second-order valence-corrected chi connectivity index (χ2v) is 4.13. The average Bonchev–Trinajstić information content (AvgIpc) is 2.94. The van der Waals surface area contributed by atoms with E-state index in [0.717, 1.165) is 29.9 Å². The number of rotatable bonds is 0. The first kappa shape index (κ1) is 8.16. The normalized spacial score (nSPS) is 14.2. The first-order valence-corrected chi connectivity index (χ1v) is 5.44. The fourth-order valence-electron chi connectivity index (χ4n) is 2.36. The van der Waals surface area contributed by atoms with Gasteiger partial charge in [0, 0.05) is 29.0 Å². The lowest BCUT2D eigenvalue weighted by molar-refractivity contribution is 0.346. The molecule has 0 saturated carbocycles. The molecule has 0 fully saturated rings. The summed E-state index contributed by atoms with van der Waals surface area (Å²) < 4.78 is 5.55. The molecule has 4 rings (SSSR count). The molecule has 16 heavy (non-hydrogen) atoms. The molecule has 0 atom stereocenters. The van der Waals surface area contributed by atoms with Crippen molar-refractivity contribution in [2.24, 2.45) is 0 Å². The first-order chi connectivity index (χ1) is 7.92. The number of aromatic nitrogens is 2. The maximum atomic E-state index is 5.55. The zero-order valence-electron chi connectivity index (χ0n) is 8.66. The standard InChI is InChI=1S/C13H10N2O/c1-2-9-7-10-4-6-16-13(10)15-12(9)11-8(1)3-5-14-11/h1-3,5,7,15H,4,6H2. The fourth-order valence-corrected chi connectivity index (χ4v) is 2.36. The van der Waals surface area contributed by atoms with Gasteiger partial charge in [0.1, 0.15) is 0 Å². The molecule has 3 heterocycles.